The largest absolute Gasteiger partial charge is 0.416 e. The van der Waals surface area contributed by atoms with Crippen molar-refractivity contribution in [3.8, 4) is 0 Å². The average molecular weight is 371 g/mol. The lowest BCUT2D eigenvalue weighted by Crippen LogP contribution is -2.42. The molecule has 0 radical (unpaired) electrons. The number of likely N-dealkylation sites (N-methyl/N-ethyl adjacent to an activating group) is 1. The minimum absolute atomic E-state index is 0.000545. The van der Waals surface area contributed by atoms with Gasteiger partial charge in [0.2, 0.25) is 5.91 Å². The number of benzene rings is 1. The van der Waals surface area contributed by atoms with E-state index in [1.54, 1.807) is 11.0 Å². The first-order chi connectivity index (χ1) is 12.2. The fourth-order valence-corrected chi connectivity index (χ4v) is 3.36. The Morgan fingerprint density at radius 2 is 1.96 bits per heavy atom. The topological polar surface area (TPSA) is 49.6 Å². The Kier molecular flexibility index (Phi) is 7.06. The molecular weight excluding hydrogens is 343 g/mol. The van der Waals surface area contributed by atoms with Crippen LogP contribution in [0.3, 0.4) is 0 Å². The third kappa shape index (κ3) is 5.99. The maximum absolute atomic E-state index is 13.0. The standard InChI is InChI=1S/C19H28F3N3O/c1-24(2)9-10-25(18(26)15-6-4-8-17(23)12-15)13-14-5-3-7-16(11-14)19(20,21)22/h3,5,7,11,15,17H,4,6,8-10,12-13,23H2,1-2H3. The van der Waals surface area contributed by atoms with Crippen molar-refractivity contribution in [2.45, 2.75) is 44.4 Å². The van der Waals surface area contributed by atoms with Crippen molar-refractivity contribution in [1.29, 1.82) is 0 Å². The van der Waals surface area contributed by atoms with Gasteiger partial charge in [-0.25, -0.2) is 0 Å². The Hall–Kier alpha value is -1.60. The average Bonchev–Trinajstić information content (AvgIpc) is 2.57. The van der Waals surface area contributed by atoms with Gasteiger partial charge in [-0.2, -0.15) is 13.2 Å². The van der Waals surface area contributed by atoms with Gasteiger partial charge in [0, 0.05) is 31.6 Å². The van der Waals surface area contributed by atoms with Crippen LogP contribution in [0.25, 0.3) is 0 Å². The number of nitrogens with zero attached hydrogens (tertiary/aromatic N) is 2. The molecule has 0 saturated heterocycles. The molecule has 7 heteroatoms. The van der Waals surface area contributed by atoms with E-state index < -0.39 is 11.7 Å². The normalized spacial score (nSPS) is 21.0. The molecule has 4 nitrogen and oxygen atoms in total. The predicted octanol–water partition coefficient (Wildman–Crippen LogP) is 3.11. The number of carbonyl (C=O) groups is 1. The van der Waals surface area contributed by atoms with Crippen molar-refractivity contribution >= 4 is 5.91 Å². The minimum atomic E-state index is -4.38. The first-order valence-corrected chi connectivity index (χ1v) is 9.02. The maximum atomic E-state index is 13.0. The van der Waals surface area contributed by atoms with Crippen LogP contribution in [0.1, 0.15) is 36.8 Å². The SMILES string of the molecule is CN(C)CCN(Cc1cccc(C(F)(F)F)c1)C(=O)C1CCCC(N)C1. The summed E-state index contributed by atoms with van der Waals surface area (Å²) >= 11 is 0. The summed E-state index contributed by atoms with van der Waals surface area (Å²) in [5.74, 6) is -0.133. The molecule has 0 heterocycles. The lowest BCUT2D eigenvalue weighted by molar-refractivity contribution is -0.137. The summed E-state index contributed by atoms with van der Waals surface area (Å²) in [6.45, 7) is 1.32. The predicted molar refractivity (Wildman–Crippen MR) is 95.3 cm³/mol. The highest BCUT2D eigenvalue weighted by Crippen LogP contribution is 2.30. The molecule has 2 N–H and O–H groups in total. The Balaban J connectivity index is 2.15. The van der Waals surface area contributed by atoms with E-state index in [4.69, 9.17) is 5.73 Å². The molecule has 2 atom stereocenters. The van der Waals surface area contributed by atoms with Gasteiger partial charge in [0.05, 0.1) is 5.56 Å². The third-order valence-electron chi connectivity index (χ3n) is 4.82. The maximum Gasteiger partial charge on any atom is 0.416 e. The summed E-state index contributed by atoms with van der Waals surface area (Å²) in [5.41, 5.74) is 5.81. The zero-order valence-electron chi connectivity index (χ0n) is 15.4. The molecule has 0 bridgehead atoms. The van der Waals surface area contributed by atoms with E-state index in [1.165, 1.54) is 6.07 Å². The van der Waals surface area contributed by atoms with Crippen LogP contribution >= 0.6 is 0 Å². The summed E-state index contributed by atoms with van der Waals surface area (Å²) in [5, 5.41) is 0. The van der Waals surface area contributed by atoms with Crippen LogP contribution in [0.2, 0.25) is 0 Å². The van der Waals surface area contributed by atoms with Gasteiger partial charge in [0.15, 0.2) is 0 Å². The summed E-state index contributed by atoms with van der Waals surface area (Å²) in [4.78, 5) is 16.6. The highest BCUT2D eigenvalue weighted by molar-refractivity contribution is 5.79. The van der Waals surface area contributed by atoms with E-state index in [2.05, 4.69) is 0 Å². The van der Waals surface area contributed by atoms with Gasteiger partial charge in [-0.05, 0) is 51.1 Å². The molecule has 0 spiro atoms. The molecule has 1 saturated carbocycles. The van der Waals surface area contributed by atoms with Gasteiger partial charge < -0.3 is 15.5 Å². The summed E-state index contributed by atoms with van der Waals surface area (Å²) in [7, 11) is 3.81. The van der Waals surface area contributed by atoms with E-state index in [-0.39, 0.29) is 24.4 Å². The number of carbonyl (C=O) groups excluding carboxylic acids is 1. The van der Waals surface area contributed by atoms with Gasteiger partial charge in [0.25, 0.3) is 0 Å². The molecule has 1 aliphatic carbocycles. The summed E-state index contributed by atoms with van der Waals surface area (Å²) in [6.07, 6.45) is -1.09. The van der Waals surface area contributed by atoms with E-state index in [1.807, 2.05) is 19.0 Å². The molecule has 2 rings (SSSR count). The molecule has 0 aliphatic heterocycles. The van der Waals surface area contributed by atoms with E-state index in [9.17, 15) is 18.0 Å². The number of nitrogens with two attached hydrogens (primary N) is 1. The summed E-state index contributed by atoms with van der Waals surface area (Å²) < 4.78 is 38.9. The molecule has 2 unspecified atom stereocenters. The lowest BCUT2D eigenvalue weighted by Gasteiger charge is -2.32. The smallest absolute Gasteiger partial charge is 0.337 e. The summed E-state index contributed by atoms with van der Waals surface area (Å²) in [6, 6.07) is 5.24. The number of amides is 1. The number of hydrogen-bond acceptors (Lipinski definition) is 3. The van der Waals surface area contributed by atoms with Gasteiger partial charge in [0.1, 0.15) is 0 Å². The second kappa shape index (κ2) is 8.86. The quantitative estimate of drug-likeness (QED) is 0.836. The molecule has 26 heavy (non-hydrogen) atoms. The van der Waals surface area contributed by atoms with Crippen LogP contribution in [0.5, 0.6) is 0 Å². The second-order valence-corrected chi connectivity index (χ2v) is 7.38. The van der Waals surface area contributed by atoms with Crippen LogP contribution in [0, 0.1) is 5.92 Å². The van der Waals surface area contributed by atoms with Crippen LogP contribution in [0.4, 0.5) is 13.2 Å². The molecule has 1 aromatic carbocycles. The van der Waals surface area contributed by atoms with Crippen molar-refractivity contribution < 1.29 is 18.0 Å². The zero-order chi connectivity index (χ0) is 19.3. The number of hydrogen-bond donors (Lipinski definition) is 1. The van der Waals surface area contributed by atoms with E-state index >= 15 is 0 Å². The van der Waals surface area contributed by atoms with Crippen molar-refractivity contribution in [2.24, 2.45) is 11.7 Å². The fraction of sp³-hybridized carbons (Fsp3) is 0.632. The zero-order valence-corrected chi connectivity index (χ0v) is 15.4. The number of rotatable bonds is 6. The Morgan fingerprint density at radius 1 is 1.23 bits per heavy atom. The van der Waals surface area contributed by atoms with Crippen molar-refractivity contribution in [1.82, 2.24) is 9.80 Å². The van der Waals surface area contributed by atoms with Gasteiger partial charge in [-0.1, -0.05) is 18.6 Å². The lowest BCUT2D eigenvalue weighted by atomic mass is 9.85. The Labute approximate surface area is 153 Å². The Bertz CT molecular complexity index is 604. The van der Waals surface area contributed by atoms with Gasteiger partial charge in [-0.15, -0.1) is 0 Å². The highest BCUT2D eigenvalue weighted by Gasteiger charge is 2.32. The van der Waals surface area contributed by atoms with Gasteiger partial charge >= 0.3 is 6.18 Å². The third-order valence-corrected chi connectivity index (χ3v) is 4.82. The highest BCUT2D eigenvalue weighted by atomic mass is 19.4. The van der Waals surface area contributed by atoms with Crippen molar-refractivity contribution in [3.05, 3.63) is 35.4 Å². The van der Waals surface area contributed by atoms with E-state index in [0.29, 0.717) is 25.1 Å². The van der Waals surface area contributed by atoms with Crippen LogP contribution in [-0.2, 0) is 17.5 Å². The minimum Gasteiger partial charge on any atom is -0.337 e. The van der Waals surface area contributed by atoms with Crippen molar-refractivity contribution in [2.75, 3.05) is 27.2 Å². The molecule has 1 amide bonds. The first-order valence-electron chi connectivity index (χ1n) is 9.02. The molecule has 0 aromatic heterocycles. The van der Waals surface area contributed by atoms with Crippen molar-refractivity contribution in [3.63, 3.8) is 0 Å². The molecule has 1 fully saturated rings. The fourth-order valence-electron chi connectivity index (χ4n) is 3.36. The second-order valence-electron chi connectivity index (χ2n) is 7.38. The van der Waals surface area contributed by atoms with Crippen LogP contribution in [-0.4, -0.2) is 48.9 Å². The van der Waals surface area contributed by atoms with Crippen LogP contribution < -0.4 is 5.73 Å². The molecule has 146 valence electrons. The monoisotopic (exact) mass is 371 g/mol. The molecule has 1 aliphatic rings. The first kappa shape index (κ1) is 20.7. The number of alkyl halides is 3. The van der Waals surface area contributed by atoms with E-state index in [0.717, 1.165) is 31.4 Å². The molecular formula is C19H28F3N3O. The van der Waals surface area contributed by atoms with Gasteiger partial charge in [-0.3, -0.25) is 4.79 Å². The Morgan fingerprint density at radius 3 is 2.58 bits per heavy atom. The molecule has 1 aromatic rings. The van der Waals surface area contributed by atoms with Crippen LogP contribution in [0.15, 0.2) is 24.3 Å². The number of halogens is 3.